The van der Waals surface area contributed by atoms with E-state index in [2.05, 4.69) is 5.32 Å². The molecule has 8 heteroatoms. The van der Waals surface area contributed by atoms with Crippen molar-refractivity contribution in [2.75, 3.05) is 23.1 Å². The van der Waals surface area contributed by atoms with E-state index in [0.717, 1.165) is 22.4 Å². The van der Waals surface area contributed by atoms with E-state index in [1.165, 1.54) is 4.31 Å². The zero-order valence-electron chi connectivity index (χ0n) is 18.6. The minimum Gasteiger partial charge on any atom is -0.354 e. The fourth-order valence-corrected chi connectivity index (χ4v) is 5.69. The molecule has 0 atom stereocenters. The van der Waals surface area contributed by atoms with Gasteiger partial charge in [-0.15, -0.1) is 0 Å². The smallest absolute Gasteiger partial charge is 0.264 e. The highest BCUT2D eigenvalue weighted by Crippen LogP contribution is 2.28. The first-order chi connectivity index (χ1) is 15.8. The summed E-state index contributed by atoms with van der Waals surface area (Å²) in [7, 11) is -3.91. The number of sulfonamides is 1. The maximum absolute atomic E-state index is 13.4. The van der Waals surface area contributed by atoms with Gasteiger partial charge >= 0.3 is 0 Å². The van der Waals surface area contributed by atoms with Crippen molar-refractivity contribution in [2.24, 2.45) is 0 Å². The summed E-state index contributed by atoms with van der Waals surface area (Å²) in [5, 5.41) is 3.55. The summed E-state index contributed by atoms with van der Waals surface area (Å²) in [5.74, 6) is 1.18. The highest BCUT2D eigenvalue weighted by atomic mass is 35.5. The lowest BCUT2D eigenvalue weighted by Crippen LogP contribution is -2.41. The molecule has 3 rings (SSSR count). The number of thioether (sulfide) groups is 1. The van der Waals surface area contributed by atoms with Gasteiger partial charge in [0.1, 0.15) is 6.54 Å². The van der Waals surface area contributed by atoms with Crippen LogP contribution < -0.4 is 9.62 Å². The molecule has 3 aromatic carbocycles. The van der Waals surface area contributed by atoms with Gasteiger partial charge in [-0.3, -0.25) is 9.10 Å². The van der Waals surface area contributed by atoms with Crippen LogP contribution in [0.15, 0.2) is 77.7 Å². The molecule has 0 heterocycles. The van der Waals surface area contributed by atoms with Crippen molar-refractivity contribution in [3.05, 3.63) is 94.5 Å². The SMILES string of the molecule is Cc1cccc(N(CC(=O)NCCSCc2ccc(Cl)cc2)S(=O)(=O)c2ccccc2)c1C. The number of benzene rings is 3. The summed E-state index contributed by atoms with van der Waals surface area (Å²) in [5.41, 5.74) is 3.44. The number of anilines is 1. The van der Waals surface area contributed by atoms with Crippen molar-refractivity contribution in [1.82, 2.24) is 5.32 Å². The Labute approximate surface area is 205 Å². The van der Waals surface area contributed by atoms with Crippen LogP contribution in [0.2, 0.25) is 5.02 Å². The highest BCUT2D eigenvalue weighted by Gasteiger charge is 2.28. The van der Waals surface area contributed by atoms with E-state index in [4.69, 9.17) is 11.6 Å². The molecule has 0 unspecified atom stereocenters. The molecule has 0 aromatic heterocycles. The van der Waals surface area contributed by atoms with Crippen molar-refractivity contribution in [3.8, 4) is 0 Å². The van der Waals surface area contributed by atoms with Crippen LogP contribution in [0.1, 0.15) is 16.7 Å². The average molecular weight is 503 g/mol. The van der Waals surface area contributed by atoms with Crippen molar-refractivity contribution in [3.63, 3.8) is 0 Å². The third-order valence-electron chi connectivity index (χ3n) is 5.21. The van der Waals surface area contributed by atoms with E-state index in [0.29, 0.717) is 23.0 Å². The van der Waals surface area contributed by atoms with Crippen LogP contribution in [-0.4, -0.2) is 33.2 Å². The molecular formula is C25H27ClN2O3S2. The summed E-state index contributed by atoms with van der Waals surface area (Å²) in [6, 6.07) is 21.3. The van der Waals surface area contributed by atoms with Crippen molar-refractivity contribution < 1.29 is 13.2 Å². The summed E-state index contributed by atoms with van der Waals surface area (Å²) >= 11 is 7.59. The van der Waals surface area contributed by atoms with Crippen molar-refractivity contribution in [1.29, 1.82) is 0 Å². The number of nitrogens with zero attached hydrogens (tertiary/aromatic N) is 1. The molecular weight excluding hydrogens is 476 g/mol. The zero-order chi connectivity index (χ0) is 23.8. The Balaban J connectivity index is 1.66. The molecule has 5 nitrogen and oxygen atoms in total. The standard InChI is InChI=1S/C25H27ClN2O3S2/c1-19-7-6-10-24(20(19)2)28(33(30,31)23-8-4-3-5-9-23)17-25(29)27-15-16-32-18-21-11-13-22(26)14-12-21/h3-14H,15-18H2,1-2H3,(H,27,29). The van der Waals surface area contributed by atoms with E-state index in [1.54, 1.807) is 54.2 Å². The molecule has 0 saturated carbocycles. The second-order valence-electron chi connectivity index (χ2n) is 7.57. The van der Waals surface area contributed by atoms with Gasteiger partial charge < -0.3 is 5.32 Å². The van der Waals surface area contributed by atoms with E-state index >= 15 is 0 Å². The van der Waals surface area contributed by atoms with Crippen LogP contribution in [0.4, 0.5) is 5.69 Å². The van der Waals surface area contributed by atoms with Crippen LogP contribution in [0.3, 0.4) is 0 Å². The second-order valence-corrected chi connectivity index (χ2v) is 11.0. The molecule has 0 fully saturated rings. The van der Waals surface area contributed by atoms with Crippen LogP contribution >= 0.6 is 23.4 Å². The Bertz CT molecular complexity index is 1180. The van der Waals surface area contributed by atoms with Gasteiger partial charge in [-0.1, -0.05) is 54.1 Å². The second kappa shape index (κ2) is 11.6. The minimum atomic E-state index is -3.91. The molecule has 174 valence electrons. The first-order valence-corrected chi connectivity index (χ1v) is 13.5. The fourth-order valence-electron chi connectivity index (χ4n) is 3.24. The first-order valence-electron chi connectivity index (χ1n) is 10.5. The normalized spacial score (nSPS) is 11.2. The Morgan fingerprint density at radius 3 is 2.36 bits per heavy atom. The largest absolute Gasteiger partial charge is 0.354 e. The minimum absolute atomic E-state index is 0.150. The van der Waals surface area contributed by atoms with Gasteiger partial charge in [0.15, 0.2) is 0 Å². The molecule has 1 amide bonds. The van der Waals surface area contributed by atoms with Gasteiger partial charge in [0.25, 0.3) is 10.0 Å². The maximum atomic E-state index is 13.4. The topological polar surface area (TPSA) is 66.5 Å². The lowest BCUT2D eigenvalue weighted by Gasteiger charge is -2.26. The van der Waals surface area contributed by atoms with Gasteiger partial charge in [-0.2, -0.15) is 11.8 Å². The Morgan fingerprint density at radius 2 is 1.67 bits per heavy atom. The number of amides is 1. The lowest BCUT2D eigenvalue weighted by molar-refractivity contribution is -0.119. The summed E-state index contributed by atoms with van der Waals surface area (Å²) in [4.78, 5) is 12.9. The summed E-state index contributed by atoms with van der Waals surface area (Å²) < 4.78 is 28.0. The molecule has 0 spiro atoms. The van der Waals surface area contributed by atoms with Gasteiger partial charge in [0, 0.05) is 23.1 Å². The first kappa shape index (κ1) is 25.1. The Kier molecular flexibility index (Phi) is 8.83. The van der Waals surface area contributed by atoms with Crippen molar-refractivity contribution in [2.45, 2.75) is 24.5 Å². The van der Waals surface area contributed by atoms with Gasteiger partial charge in [-0.05, 0) is 60.9 Å². The number of aryl methyl sites for hydroxylation is 1. The Morgan fingerprint density at radius 1 is 0.970 bits per heavy atom. The number of nitrogens with one attached hydrogen (secondary N) is 1. The molecule has 0 aliphatic heterocycles. The van der Waals surface area contributed by atoms with Crippen LogP contribution in [-0.2, 0) is 20.6 Å². The summed E-state index contributed by atoms with van der Waals surface area (Å²) in [6.07, 6.45) is 0. The van der Waals surface area contributed by atoms with E-state index in [9.17, 15) is 13.2 Å². The molecule has 0 saturated heterocycles. The predicted octanol–water partition coefficient (Wildman–Crippen LogP) is 5.20. The monoisotopic (exact) mass is 502 g/mol. The van der Waals surface area contributed by atoms with Crippen LogP contribution in [0, 0.1) is 13.8 Å². The van der Waals surface area contributed by atoms with Gasteiger partial charge in [-0.25, -0.2) is 8.42 Å². The molecule has 0 bridgehead atoms. The van der Waals surface area contributed by atoms with Crippen molar-refractivity contribution >= 4 is 45.0 Å². The Hall–Kier alpha value is -2.48. The molecule has 0 aliphatic carbocycles. The van der Waals surface area contributed by atoms with Crippen LogP contribution in [0.5, 0.6) is 0 Å². The molecule has 0 aliphatic rings. The third-order valence-corrected chi connectivity index (χ3v) is 8.27. The predicted molar refractivity (Wildman–Crippen MR) is 138 cm³/mol. The maximum Gasteiger partial charge on any atom is 0.264 e. The lowest BCUT2D eigenvalue weighted by atomic mass is 10.1. The van der Waals surface area contributed by atoms with Crippen LogP contribution in [0.25, 0.3) is 0 Å². The summed E-state index contributed by atoms with van der Waals surface area (Å²) in [6.45, 7) is 3.94. The van der Waals surface area contributed by atoms with E-state index in [1.807, 2.05) is 44.2 Å². The molecule has 1 N–H and O–H groups in total. The molecule has 0 radical (unpaired) electrons. The molecule has 3 aromatic rings. The quantitative estimate of drug-likeness (QED) is 0.387. The number of rotatable bonds is 10. The number of hydrogen-bond donors (Lipinski definition) is 1. The highest BCUT2D eigenvalue weighted by molar-refractivity contribution is 7.98. The fraction of sp³-hybridized carbons (Fsp3) is 0.240. The number of carbonyl (C=O) groups excluding carboxylic acids is 1. The molecule has 33 heavy (non-hydrogen) atoms. The zero-order valence-corrected chi connectivity index (χ0v) is 21.0. The van der Waals surface area contributed by atoms with Gasteiger partial charge in [0.2, 0.25) is 5.91 Å². The van der Waals surface area contributed by atoms with E-state index in [-0.39, 0.29) is 17.3 Å². The number of halogens is 1. The number of hydrogen-bond acceptors (Lipinski definition) is 4. The van der Waals surface area contributed by atoms with E-state index < -0.39 is 10.0 Å². The third kappa shape index (κ3) is 6.76. The van der Waals surface area contributed by atoms with Gasteiger partial charge in [0.05, 0.1) is 10.6 Å². The average Bonchev–Trinajstić information content (AvgIpc) is 2.81. The number of carbonyl (C=O) groups is 1.